The molecule has 0 aliphatic heterocycles. The minimum Gasteiger partial charge on any atom is -0.391 e. The summed E-state index contributed by atoms with van der Waals surface area (Å²) in [6.07, 6.45) is -5.23. The summed E-state index contributed by atoms with van der Waals surface area (Å²) in [5.41, 5.74) is -1.80. The van der Waals surface area contributed by atoms with Gasteiger partial charge in [0.1, 0.15) is 5.82 Å². The molecule has 0 aromatic heterocycles. The van der Waals surface area contributed by atoms with Gasteiger partial charge >= 0.3 is 6.18 Å². The highest BCUT2D eigenvalue weighted by Crippen LogP contribution is 2.31. The van der Waals surface area contributed by atoms with Gasteiger partial charge in [-0.3, -0.25) is 4.79 Å². The zero-order valence-corrected chi connectivity index (χ0v) is 10.1. The lowest BCUT2D eigenvalue weighted by Crippen LogP contribution is -2.31. The van der Waals surface area contributed by atoms with Crippen molar-refractivity contribution >= 4 is 5.91 Å². The molecule has 0 saturated carbocycles. The molecule has 0 saturated heterocycles. The van der Waals surface area contributed by atoms with E-state index in [-0.39, 0.29) is 12.1 Å². The third-order valence-corrected chi connectivity index (χ3v) is 2.50. The second kappa shape index (κ2) is 6.01. The van der Waals surface area contributed by atoms with Gasteiger partial charge in [-0.2, -0.15) is 13.2 Å². The lowest BCUT2D eigenvalue weighted by Gasteiger charge is -2.12. The van der Waals surface area contributed by atoms with Crippen molar-refractivity contribution in [2.75, 3.05) is 6.54 Å². The van der Waals surface area contributed by atoms with Gasteiger partial charge < -0.3 is 10.4 Å². The molecule has 0 heterocycles. The standard InChI is InChI=1S/C12H13F4NO2/c1-2-8(18)6-17-11(19)7-3-4-10(13)9(5-7)12(14,15)16/h3-5,8,18H,2,6H2,1H3,(H,17,19). The number of aliphatic hydroxyl groups excluding tert-OH is 1. The predicted octanol–water partition coefficient (Wildman–Crippen LogP) is 2.35. The van der Waals surface area contributed by atoms with E-state index < -0.39 is 29.6 Å². The van der Waals surface area contributed by atoms with Crippen molar-refractivity contribution < 1.29 is 27.5 Å². The number of carbonyl (C=O) groups is 1. The minimum absolute atomic E-state index is 0.0753. The summed E-state index contributed by atoms with van der Waals surface area (Å²) < 4.78 is 50.4. The molecule has 0 bridgehead atoms. The van der Waals surface area contributed by atoms with Gasteiger partial charge in [0, 0.05) is 12.1 Å². The van der Waals surface area contributed by atoms with Crippen LogP contribution >= 0.6 is 0 Å². The lowest BCUT2D eigenvalue weighted by molar-refractivity contribution is -0.140. The van der Waals surface area contributed by atoms with Crippen molar-refractivity contribution in [3.8, 4) is 0 Å². The molecule has 1 aromatic rings. The van der Waals surface area contributed by atoms with E-state index in [1.807, 2.05) is 0 Å². The molecule has 1 aromatic carbocycles. The second-order valence-electron chi connectivity index (χ2n) is 3.96. The molecule has 19 heavy (non-hydrogen) atoms. The zero-order valence-electron chi connectivity index (χ0n) is 10.1. The fourth-order valence-electron chi connectivity index (χ4n) is 1.34. The van der Waals surface area contributed by atoms with Crippen molar-refractivity contribution in [3.63, 3.8) is 0 Å². The van der Waals surface area contributed by atoms with Crippen LogP contribution in [0.15, 0.2) is 18.2 Å². The van der Waals surface area contributed by atoms with Crippen LogP contribution < -0.4 is 5.32 Å². The number of hydrogen-bond acceptors (Lipinski definition) is 2. The van der Waals surface area contributed by atoms with Gasteiger partial charge in [0.05, 0.1) is 11.7 Å². The van der Waals surface area contributed by atoms with Gasteiger partial charge in [0.25, 0.3) is 5.91 Å². The molecular formula is C12H13F4NO2. The number of nitrogens with one attached hydrogen (secondary N) is 1. The van der Waals surface area contributed by atoms with Gasteiger partial charge in [0.2, 0.25) is 0 Å². The molecule has 1 rings (SSSR count). The minimum atomic E-state index is -4.86. The SMILES string of the molecule is CCC(O)CNC(=O)c1ccc(F)c(C(F)(F)F)c1. The summed E-state index contributed by atoms with van der Waals surface area (Å²) in [5.74, 6) is -2.23. The Hall–Kier alpha value is -1.63. The number of amides is 1. The van der Waals surface area contributed by atoms with Crippen LogP contribution in [-0.2, 0) is 6.18 Å². The first kappa shape index (κ1) is 15.4. The number of alkyl halides is 3. The van der Waals surface area contributed by atoms with E-state index in [1.165, 1.54) is 0 Å². The first-order valence-electron chi connectivity index (χ1n) is 5.58. The lowest BCUT2D eigenvalue weighted by atomic mass is 10.1. The van der Waals surface area contributed by atoms with E-state index in [4.69, 9.17) is 0 Å². The highest BCUT2D eigenvalue weighted by Gasteiger charge is 2.34. The van der Waals surface area contributed by atoms with Crippen LogP contribution in [0.5, 0.6) is 0 Å². The smallest absolute Gasteiger partial charge is 0.391 e. The molecule has 106 valence electrons. The van der Waals surface area contributed by atoms with Crippen LogP contribution in [-0.4, -0.2) is 23.7 Å². The molecule has 7 heteroatoms. The van der Waals surface area contributed by atoms with Crippen molar-refractivity contribution in [2.45, 2.75) is 25.6 Å². The largest absolute Gasteiger partial charge is 0.419 e. The van der Waals surface area contributed by atoms with Crippen molar-refractivity contribution in [1.82, 2.24) is 5.32 Å². The molecule has 0 spiro atoms. The normalized spacial score (nSPS) is 13.2. The molecule has 0 radical (unpaired) electrons. The van der Waals surface area contributed by atoms with Gasteiger partial charge in [-0.1, -0.05) is 6.92 Å². The summed E-state index contributed by atoms with van der Waals surface area (Å²) in [4.78, 5) is 11.5. The van der Waals surface area contributed by atoms with E-state index in [2.05, 4.69) is 5.32 Å². The highest BCUT2D eigenvalue weighted by molar-refractivity contribution is 5.94. The van der Waals surface area contributed by atoms with Crippen LogP contribution in [0.1, 0.15) is 29.3 Å². The fourth-order valence-corrected chi connectivity index (χ4v) is 1.34. The Kier molecular flexibility index (Phi) is 4.88. The van der Waals surface area contributed by atoms with Gasteiger partial charge in [-0.15, -0.1) is 0 Å². The van der Waals surface area contributed by atoms with Crippen molar-refractivity contribution in [2.24, 2.45) is 0 Å². The van der Waals surface area contributed by atoms with Crippen molar-refractivity contribution in [3.05, 3.63) is 35.1 Å². The van der Waals surface area contributed by atoms with Crippen molar-refractivity contribution in [1.29, 1.82) is 0 Å². The molecule has 2 N–H and O–H groups in total. The molecule has 1 atom stereocenters. The quantitative estimate of drug-likeness (QED) is 0.831. The van der Waals surface area contributed by atoms with E-state index >= 15 is 0 Å². The van der Waals surface area contributed by atoms with E-state index in [0.29, 0.717) is 18.6 Å². The maximum absolute atomic E-state index is 13.0. The summed E-state index contributed by atoms with van der Waals surface area (Å²) in [6.45, 7) is 1.62. The second-order valence-corrected chi connectivity index (χ2v) is 3.96. The van der Waals surface area contributed by atoms with Gasteiger partial charge in [-0.05, 0) is 24.6 Å². The molecule has 1 unspecified atom stereocenters. The molecule has 3 nitrogen and oxygen atoms in total. The van der Waals surface area contributed by atoms with Gasteiger partial charge in [0.15, 0.2) is 0 Å². The summed E-state index contributed by atoms with van der Waals surface area (Å²) in [5, 5.41) is 11.5. The van der Waals surface area contributed by atoms with Crippen LogP contribution in [0, 0.1) is 5.82 Å². The Morgan fingerprint density at radius 2 is 2.05 bits per heavy atom. The highest BCUT2D eigenvalue weighted by atomic mass is 19.4. The Morgan fingerprint density at radius 1 is 1.42 bits per heavy atom. The number of aliphatic hydroxyl groups is 1. The monoisotopic (exact) mass is 279 g/mol. The third kappa shape index (κ3) is 4.20. The molecule has 0 aliphatic rings. The first-order valence-corrected chi connectivity index (χ1v) is 5.58. The fraction of sp³-hybridized carbons (Fsp3) is 0.417. The Bertz CT molecular complexity index is 460. The Morgan fingerprint density at radius 3 is 2.58 bits per heavy atom. The number of carbonyl (C=O) groups excluding carboxylic acids is 1. The molecular weight excluding hydrogens is 266 g/mol. The summed E-state index contributed by atoms with van der Waals surface area (Å²) >= 11 is 0. The van der Waals surface area contributed by atoms with Crippen LogP contribution in [0.25, 0.3) is 0 Å². The summed E-state index contributed by atoms with van der Waals surface area (Å²) in [7, 11) is 0. The zero-order chi connectivity index (χ0) is 14.6. The van der Waals surface area contributed by atoms with E-state index in [9.17, 15) is 27.5 Å². The van der Waals surface area contributed by atoms with Crippen LogP contribution in [0.2, 0.25) is 0 Å². The maximum Gasteiger partial charge on any atom is 0.419 e. The third-order valence-electron chi connectivity index (χ3n) is 2.50. The number of benzene rings is 1. The van der Waals surface area contributed by atoms with E-state index in [1.54, 1.807) is 6.92 Å². The van der Waals surface area contributed by atoms with E-state index in [0.717, 1.165) is 6.07 Å². The average Bonchev–Trinajstić information content (AvgIpc) is 2.34. The molecule has 0 aliphatic carbocycles. The topological polar surface area (TPSA) is 49.3 Å². The average molecular weight is 279 g/mol. The number of halogens is 4. The summed E-state index contributed by atoms with van der Waals surface area (Å²) in [6, 6.07) is 2.00. The molecule has 1 amide bonds. The number of hydrogen-bond donors (Lipinski definition) is 2. The predicted molar refractivity (Wildman–Crippen MR) is 60.0 cm³/mol. The Labute approximate surface area is 107 Å². The molecule has 0 fully saturated rings. The number of rotatable bonds is 4. The first-order chi connectivity index (χ1) is 8.75. The van der Waals surface area contributed by atoms with Crippen LogP contribution in [0.3, 0.4) is 0 Å². The van der Waals surface area contributed by atoms with Crippen LogP contribution in [0.4, 0.5) is 17.6 Å². The Balaban J connectivity index is 2.87. The maximum atomic E-state index is 13.0. The van der Waals surface area contributed by atoms with Gasteiger partial charge in [-0.25, -0.2) is 4.39 Å².